The molecule has 112 valence electrons. The topological polar surface area (TPSA) is 110 Å². The van der Waals surface area contributed by atoms with Crippen LogP contribution in [0.1, 0.15) is 13.8 Å². The number of halogens is 1. The lowest BCUT2D eigenvalue weighted by molar-refractivity contribution is -0.384. The van der Waals surface area contributed by atoms with Gasteiger partial charge >= 0.3 is 0 Å². The van der Waals surface area contributed by atoms with Gasteiger partial charge in [0.25, 0.3) is 5.69 Å². The predicted octanol–water partition coefficient (Wildman–Crippen LogP) is 1.54. The highest BCUT2D eigenvalue weighted by atomic mass is 35.5. The number of aliphatic hydroxyl groups is 1. The normalized spacial score (nSPS) is 13.4. The lowest BCUT2D eigenvalue weighted by Crippen LogP contribution is -2.34. The third kappa shape index (κ3) is 4.14. The third-order valence-corrected chi connectivity index (χ3v) is 4.57. The molecule has 0 spiro atoms. The number of nitro benzene ring substituents is 1. The second-order valence-corrected chi connectivity index (χ2v) is 6.68. The summed E-state index contributed by atoms with van der Waals surface area (Å²) in [6, 6.07) is 3.08. The Labute approximate surface area is 121 Å². The molecule has 1 aromatic carbocycles. The van der Waals surface area contributed by atoms with Gasteiger partial charge in [0, 0.05) is 18.7 Å². The first-order valence-electron chi connectivity index (χ1n) is 5.77. The van der Waals surface area contributed by atoms with E-state index in [4.69, 9.17) is 11.6 Å². The summed E-state index contributed by atoms with van der Waals surface area (Å²) in [5.74, 6) is -0.106. The van der Waals surface area contributed by atoms with Gasteiger partial charge in [-0.05, 0) is 12.0 Å². The number of nitrogens with zero attached hydrogens (tertiary/aromatic N) is 1. The molecule has 0 aliphatic rings. The first kappa shape index (κ1) is 16.8. The lowest BCUT2D eigenvalue weighted by atomic mass is 10.1. The van der Waals surface area contributed by atoms with Crippen molar-refractivity contribution in [1.29, 1.82) is 0 Å². The Morgan fingerprint density at radius 2 is 2.05 bits per heavy atom. The molecule has 0 saturated heterocycles. The van der Waals surface area contributed by atoms with E-state index in [0.29, 0.717) is 0 Å². The Morgan fingerprint density at radius 3 is 2.50 bits per heavy atom. The van der Waals surface area contributed by atoms with Crippen LogP contribution in [0.5, 0.6) is 0 Å². The zero-order chi connectivity index (χ0) is 15.5. The van der Waals surface area contributed by atoms with Crippen LogP contribution in [0.3, 0.4) is 0 Å². The number of sulfonamides is 1. The van der Waals surface area contributed by atoms with Crippen molar-refractivity contribution in [2.24, 2.45) is 5.92 Å². The first-order valence-corrected chi connectivity index (χ1v) is 7.63. The maximum Gasteiger partial charge on any atom is 0.271 e. The highest BCUT2D eigenvalue weighted by Crippen LogP contribution is 2.25. The van der Waals surface area contributed by atoms with Gasteiger partial charge in [0.05, 0.1) is 16.0 Å². The Hall–Kier alpha value is -1.22. The second-order valence-electron chi connectivity index (χ2n) is 4.54. The summed E-state index contributed by atoms with van der Waals surface area (Å²) < 4.78 is 26.2. The van der Waals surface area contributed by atoms with Crippen molar-refractivity contribution < 1.29 is 18.4 Å². The van der Waals surface area contributed by atoms with Crippen LogP contribution in [0.4, 0.5) is 5.69 Å². The smallest absolute Gasteiger partial charge is 0.271 e. The molecule has 0 bridgehead atoms. The molecular formula is C11H15ClN2O5S. The fraction of sp³-hybridized carbons (Fsp3) is 0.455. The largest absolute Gasteiger partial charge is 0.391 e. The van der Waals surface area contributed by atoms with Crippen LogP contribution >= 0.6 is 11.6 Å². The van der Waals surface area contributed by atoms with Crippen molar-refractivity contribution in [2.45, 2.75) is 24.8 Å². The van der Waals surface area contributed by atoms with Crippen LogP contribution in [0.25, 0.3) is 0 Å². The molecule has 0 saturated carbocycles. The van der Waals surface area contributed by atoms with Crippen molar-refractivity contribution in [3.8, 4) is 0 Å². The number of nitrogens with one attached hydrogen (secondary N) is 1. The van der Waals surface area contributed by atoms with Gasteiger partial charge in [-0.15, -0.1) is 0 Å². The summed E-state index contributed by atoms with van der Waals surface area (Å²) >= 11 is 5.75. The molecule has 0 radical (unpaired) electrons. The summed E-state index contributed by atoms with van der Waals surface area (Å²) in [6.45, 7) is 3.34. The molecule has 0 aromatic heterocycles. The molecule has 20 heavy (non-hydrogen) atoms. The van der Waals surface area contributed by atoms with E-state index in [2.05, 4.69) is 4.72 Å². The van der Waals surface area contributed by atoms with Crippen LogP contribution in [-0.2, 0) is 10.0 Å². The molecule has 2 N–H and O–H groups in total. The van der Waals surface area contributed by atoms with E-state index < -0.39 is 21.1 Å². The molecule has 0 amide bonds. The average molecular weight is 323 g/mol. The number of hydrogen-bond donors (Lipinski definition) is 2. The summed E-state index contributed by atoms with van der Waals surface area (Å²) in [6.07, 6.45) is -0.832. The van der Waals surface area contributed by atoms with Crippen LogP contribution in [0, 0.1) is 16.0 Å². The molecule has 1 unspecified atom stereocenters. The van der Waals surface area contributed by atoms with Gasteiger partial charge < -0.3 is 5.11 Å². The van der Waals surface area contributed by atoms with Gasteiger partial charge in [-0.25, -0.2) is 13.1 Å². The standard InChI is InChI=1S/C11H15ClN2O5S/c1-7(2)10(15)6-13-20(18,19)11-4-3-8(14(16)17)5-9(11)12/h3-5,7,10,13,15H,6H2,1-2H3. The maximum absolute atomic E-state index is 12.0. The molecule has 7 nitrogen and oxygen atoms in total. The van der Waals surface area contributed by atoms with Crippen molar-refractivity contribution >= 4 is 27.3 Å². The molecule has 0 aliphatic heterocycles. The van der Waals surface area contributed by atoms with Crippen LogP contribution in [0.2, 0.25) is 5.02 Å². The Bertz CT molecular complexity index is 603. The lowest BCUT2D eigenvalue weighted by Gasteiger charge is -2.15. The summed E-state index contributed by atoms with van der Waals surface area (Å²) in [5, 5.41) is 19.9. The number of hydrogen-bond acceptors (Lipinski definition) is 5. The van der Waals surface area contributed by atoms with Gasteiger partial charge in [0.1, 0.15) is 4.90 Å². The fourth-order valence-electron chi connectivity index (χ4n) is 1.33. The van der Waals surface area contributed by atoms with Crippen molar-refractivity contribution in [3.63, 3.8) is 0 Å². The van der Waals surface area contributed by atoms with Crippen molar-refractivity contribution in [2.75, 3.05) is 6.54 Å². The van der Waals surface area contributed by atoms with E-state index in [1.807, 2.05) is 0 Å². The Balaban J connectivity index is 2.96. The van der Waals surface area contributed by atoms with E-state index >= 15 is 0 Å². The molecule has 0 aliphatic carbocycles. The van der Waals surface area contributed by atoms with Crippen LogP contribution in [-0.4, -0.2) is 31.1 Å². The molecule has 0 fully saturated rings. The third-order valence-electron chi connectivity index (χ3n) is 2.67. The zero-order valence-corrected chi connectivity index (χ0v) is 12.5. The minimum Gasteiger partial charge on any atom is -0.391 e. The zero-order valence-electron chi connectivity index (χ0n) is 10.9. The SMILES string of the molecule is CC(C)C(O)CNS(=O)(=O)c1ccc([N+](=O)[O-])cc1Cl. The number of non-ortho nitro benzene ring substituents is 1. The Kier molecular flexibility index (Phi) is 5.46. The van der Waals surface area contributed by atoms with E-state index in [1.54, 1.807) is 13.8 Å². The van der Waals surface area contributed by atoms with Gasteiger partial charge in [0.15, 0.2) is 0 Å². The summed E-state index contributed by atoms with van der Waals surface area (Å²) in [5.41, 5.74) is -0.295. The van der Waals surface area contributed by atoms with E-state index in [1.165, 1.54) is 0 Å². The van der Waals surface area contributed by atoms with E-state index in [9.17, 15) is 23.6 Å². The van der Waals surface area contributed by atoms with Gasteiger partial charge in [-0.2, -0.15) is 0 Å². The highest BCUT2D eigenvalue weighted by Gasteiger charge is 2.22. The van der Waals surface area contributed by atoms with Crippen molar-refractivity contribution in [1.82, 2.24) is 4.72 Å². The van der Waals surface area contributed by atoms with Gasteiger partial charge in [-0.3, -0.25) is 10.1 Å². The fourth-order valence-corrected chi connectivity index (χ4v) is 2.92. The molecular weight excluding hydrogens is 308 g/mol. The highest BCUT2D eigenvalue weighted by molar-refractivity contribution is 7.89. The number of rotatable bonds is 6. The van der Waals surface area contributed by atoms with E-state index in [-0.39, 0.29) is 28.1 Å². The number of nitro groups is 1. The maximum atomic E-state index is 12.0. The molecule has 1 atom stereocenters. The minimum atomic E-state index is -3.93. The average Bonchev–Trinajstić information content (AvgIpc) is 2.35. The monoisotopic (exact) mass is 322 g/mol. The van der Waals surface area contributed by atoms with Gasteiger partial charge in [0.2, 0.25) is 10.0 Å². The minimum absolute atomic E-state index is 0.106. The van der Waals surface area contributed by atoms with Gasteiger partial charge in [-0.1, -0.05) is 25.4 Å². The van der Waals surface area contributed by atoms with Crippen molar-refractivity contribution in [3.05, 3.63) is 33.3 Å². The molecule has 1 rings (SSSR count). The molecule has 9 heteroatoms. The second kappa shape index (κ2) is 6.49. The number of benzene rings is 1. The summed E-state index contributed by atoms with van der Waals surface area (Å²) in [7, 11) is -3.93. The quantitative estimate of drug-likeness (QED) is 0.610. The van der Waals surface area contributed by atoms with Crippen LogP contribution in [0.15, 0.2) is 23.1 Å². The molecule has 0 heterocycles. The molecule has 1 aromatic rings. The number of aliphatic hydroxyl groups excluding tert-OH is 1. The van der Waals surface area contributed by atoms with E-state index in [0.717, 1.165) is 18.2 Å². The first-order chi connectivity index (χ1) is 9.15. The van der Waals surface area contributed by atoms with Crippen LogP contribution < -0.4 is 4.72 Å². The summed E-state index contributed by atoms with van der Waals surface area (Å²) in [4.78, 5) is 9.62. The predicted molar refractivity (Wildman–Crippen MR) is 74.1 cm³/mol. The Morgan fingerprint density at radius 1 is 1.45 bits per heavy atom.